The topological polar surface area (TPSA) is 72.2 Å². The van der Waals surface area contributed by atoms with Crippen molar-refractivity contribution in [1.29, 1.82) is 0 Å². The Hall–Kier alpha value is -1.67. The molecule has 2 aromatic rings. The van der Waals surface area contributed by atoms with Gasteiger partial charge in [-0.25, -0.2) is 0 Å². The van der Waals surface area contributed by atoms with E-state index in [1.54, 1.807) is 24.3 Å². The van der Waals surface area contributed by atoms with Crippen LogP contribution in [0.25, 0.3) is 0 Å². The molecule has 1 N–H and O–H groups in total. The first-order chi connectivity index (χ1) is 9.47. The number of benzene rings is 2. The summed E-state index contributed by atoms with van der Waals surface area (Å²) < 4.78 is 1.01. The summed E-state index contributed by atoms with van der Waals surface area (Å²) >= 11 is 8.05. The lowest BCUT2D eigenvalue weighted by molar-refractivity contribution is -0.384. The Morgan fingerprint density at radius 1 is 1.20 bits per heavy atom. The third-order valence-electron chi connectivity index (χ3n) is 2.52. The van der Waals surface area contributed by atoms with Crippen LogP contribution in [0.4, 0.5) is 11.4 Å². The van der Waals surface area contributed by atoms with E-state index in [1.807, 2.05) is 0 Å². The molecule has 0 spiro atoms. The van der Waals surface area contributed by atoms with Crippen molar-refractivity contribution in [2.75, 3.05) is 5.32 Å². The molecule has 0 radical (unpaired) electrons. The molecule has 0 aliphatic heterocycles. The highest BCUT2D eigenvalue weighted by Gasteiger charge is 2.13. The first-order valence-electron chi connectivity index (χ1n) is 5.48. The lowest BCUT2D eigenvalue weighted by atomic mass is 10.2. The van der Waals surface area contributed by atoms with E-state index < -0.39 is 4.92 Å². The number of nitrogens with one attached hydrogen (secondary N) is 1. The molecule has 2 rings (SSSR count). The van der Waals surface area contributed by atoms with Gasteiger partial charge in [0.05, 0.1) is 15.6 Å². The maximum Gasteiger partial charge on any atom is 0.271 e. The van der Waals surface area contributed by atoms with E-state index in [1.165, 1.54) is 18.2 Å². The number of hydrogen-bond acceptors (Lipinski definition) is 3. The summed E-state index contributed by atoms with van der Waals surface area (Å²) in [5.74, 6) is -0.371. The Morgan fingerprint density at radius 2 is 1.85 bits per heavy atom. The second-order valence-electron chi connectivity index (χ2n) is 3.88. The number of nitro benzene ring substituents is 1. The normalized spacial score (nSPS) is 10.1. The molecule has 102 valence electrons. The molecule has 0 saturated heterocycles. The van der Waals surface area contributed by atoms with Crippen LogP contribution in [0.3, 0.4) is 0 Å². The van der Waals surface area contributed by atoms with E-state index in [2.05, 4.69) is 27.9 Å². The average molecular weight is 403 g/mol. The number of hydrogen-bond donors (Lipinski definition) is 1. The molecule has 5 nitrogen and oxygen atoms in total. The number of carbonyl (C=O) groups excluding carboxylic acids is 1. The number of halogens is 2. The van der Waals surface area contributed by atoms with Crippen LogP contribution in [0.5, 0.6) is 0 Å². The van der Waals surface area contributed by atoms with Gasteiger partial charge in [-0.1, -0.05) is 11.6 Å². The van der Waals surface area contributed by atoms with Gasteiger partial charge in [0.1, 0.15) is 0 Å². The van der Waals surface area contributed by atoms with E-state index in [-0.39, 0.29) is 22.3 Å². The van der Waals surface area contributed by atoms with Crippen LogP contribution in [0.2, 0.25) is 5.02 Å². The van der Waals surface area contributed by atoms with Gasteiger partial charge in [-0.15, -0.1) is 0 Å². The average Bonchev–Trinajstić information content (AvgIpc) is 2.41. The number of non-ortho nitro benzene ring substituents is 1. The molecule has 0 heterocycles. The fourth-order valence-electron chi connectivity index (χ4n) is 1.52. The van der Waals surface area contributed by atoms with Crippen LogP contribution in [-0.2, 0) is 0 Å². The lowest BCUT2D eigenvalue weighted by Gasteiger charge is -2.07. The van der Waals surface area contributed by atoms with Crippen LogP contribution in [0.1, 0.15) is 10.4 Å². The Labute approximate surface area is 133 Å². The van der Waals surface area contributed by atoms with Gasteiger partial charge in [0.15, 0.2) is 0 Å². The first-order valence-corrected chi connectivity index (χ1v) is 6.94. The quantitative estimate of drug-likeness (QED) is 0.477. The molecule has 7 heteroatoms. The van der Waals surface area contributed by atoms with Crippen LogP contribution in [0, 0.1) is 13.7 Å². The minimum Gasteiger partial charge on any atom is -0.320 e. The minimum absolute atomic E-state index is 0.132. The monoisotopic (exact) mass is 402 g/mol. The second-order valence-corrected chi connectivity index (χ2v) is 5.54. The molecule has 2 aromatic carbocycles. The van der Waals surface area contributed by atoms with E-state index in [0.29, 0.717) is 5.56 Å². The summed E-state index contributed by atoms with van der Waals surface area (Å²) in [5.41, 5.74) is 0.532. The first kappa shape index (κ1) is 14.7. The Morgan fingerprint density at radius 3 is 2.45 bits per heavy atom. The van der Waals surface area contributed by atoms with E-state index >= 15 is 0 Å². The Bertz CT molecular complexity index is 674. The summed E-state index contributed by atoms with van der Waals surface area (Å²) in [6.07, 6.45) is 0. The molecule has 0 saturated carbocycles. The van der Waals surface area contributed by atoms with E-state index in [0.717, 1.165) is 3.57 Å². The van der Waals surface area contributed by atoms with E-state index in [4.69, 9.17) is 11.6 Å². The summed E-state index contributed by atoms with van der Waals surface area (Å²) in [6, 6.07) is 10.8. The van der Waals surface area contributed by atoms with Gasteiger partial charge in [0.2, 0.25) is 0 Å². The summed E-state index contributed by atoms with van der Waals surface area (Å²) in [6.45, 7) is 0. The Kier molecular flexibility index (Phi) is 4.56. The molecule has 0 fully saturated rings. The molecular formula is C13H8ClIN2O3. The number of rotatable bonds is 3. The molecule has 20 heavy (non-hydrogen) atoms. The molecule has 1 amide bonds. The largest absolute Gasteiger partial charge is 0.320 e. The highest BCUT2D eigenvalue weighted by molar-refractivity contribution is 14.1. The van der Waals surface area contributed by atoms with Crippen molar-refractivity contribution in [1.82, 2.24) is 0 Å². The third kappa shape index (κ3) is 3.45. The number of nitrogens with zero attached hydrogens (tertiary/aromatic N) is 1. The van der Waals surface area contributed by atoms with Gasteiger partial charge in [0, 0.05) is 21.3 Å². The van der Waals surface area contributed by atoms with Gasteiger partial charge < -0.3 is 5.32 Å². The number of amides is 1. The molecule has 0 aliphatic carbocycles. The minimum atomic E-state index is -0.545. The zero-order chi connectivity index (χ0) is 14.7. The maximum absolute atomic E-state index is 12.0. The van der Waals surface area contributed by atoms with Crippen LogP contribution >= 0.6 is 34.2 Å². The van der Waals surface area contributed by atoms with Gasteiger partial charge in [-0.2, -0.15) is 0 Å². The maximum atomic E-state index is 12.0. The second kappa shape index (κ2) is 6.19. The third-order valence-corrected chi connectivity index (χ3v) is 3.56. The van der Waals surface area contributed by atoms with Crippen molar-refractivity contribution in [3.63, 3.8) is 0 Å². The highest BCUT2D eigenvalue weighted by Crippen LogP contribution is 2.27. The predicted octanol–water partition coefficient (Wildman–Crippen LogP) is 4.11. The van der Waals surface area contributed by atoms with Gasteiger partial charge in [-0.05, 0) is 52.9 Å². The van der Waals surface area contributed by atoms with Crippen molar-refractivity contribution >= 4 is 51.5 Å². The zero-order valence-corrected chi connectivity index (χ0v) is 12.9. The smallest absolute Gasteiger partial charge is 0.271 e. The standard InChI is InChI=1S/C13H8ClIN2O3/c14-11-6-5-10(17(19)20)7-12(11)16-13(18)8-1-3-9(15)4-2-8/h1-7H,(H,16,18). The fourth-order valence-corrected chi connectivity index (χ4v) is 2.04. The van der Waals surface area contributed by atoms with Gasteiger partial charge >= 0.3 is 0 Å². The van der Waals surface area contributed by atoms with Crippen LogP contribution in [-0.4, -0.2) is 10.8 Å². The van der Waals surface area contributed by atoms with E-state index in [9.17, 15) is 14.9 Å². The molecule has 0 aromatic heterocycles. The fraction of sp³-hybridized carbons (Fsp3) is 0. The van der Waals surface area contributed by atoms with Crippen molar-refractivity contribution < 1.29 is 9.72 Å². The van der Waals surface area contributed by atoms with Gasteiger partial charge in [0.25, 0.3) is 11.6 Å². The van der Waals surface area contributed by atoms with Crippen LogP contribution in [0.15, 0.2) is 42.5 Å². The molecule has 0 unspecified atom stereocenters. The van der Waals surface area contributed by atoms with Gasteiger partial charge in [-0.3, -0.25) is 14.9 Å². The summed E-state index contributed by atoms with van der Waals surface area (Å²) in [4.78, 5) is 22.2. The number of nitro groups is 1. The number of anilines is 1. The molecule has 0 aliphatic rings. The van der Waals surface area contributed by atoms with Crippen LogP contribution < -0.4 is 5.32 Å². The SMILES string of the molecule is O=C(Nc1cc([N+](=O)[O-])ccc1Cl)c1ccc(I)cc1. The molecular weight excluding hydrogens is 395 g/mol. The lowest BCUT2D eigenvalue weighted by Crippen LogP contribution is -2.12. The Balaban J connectivity index is 2.25. The van der Waals surface area contributed by atoms with Crippen molar-refractivity contribution in [2.24, 2.45) is 0 Å². The zero-order valence-electron chi connectivity index (χ0n) is 9.97. The van der Waals surface area contributed by atoms with Crippen molar-refractivity contribution in [3.8, 4) is 0 Å². The number of carbonyl (C=O) groups is 1. The summed E-state index contributed by atoms with van der Waals surface area (Å²) in [5, 5.41) is 13.5. The predicted molar refractivity (Wildman–Crippen MR) is 85.2 cm³/mol. The molecule has 0 bridgehead atoms. The molecule has 0 atom stereocenters. The van der Waals surface area contributed by atoms with Crippen molar-refractivity contribution in [2.45, 2.75) is 0 Å². The summed E-state index contributed by atoms with van der Waals surface area (Å²) in [7, 11) is 0. The van der Waals surface area contributed by atoms with Crippen molar-refractivity contribution in [3.05, 3.63) is 66.7 Å². The highest BCUT2D eigenvalue weighted by atomic mass is 127.